The molecule has 6 aromatic carbocycles. The van der Waals surface area contributed by atoms with Gasteiger partial charge in [-0.1, -0.05) is 18.2 Å². The fourth-order valence-corrected chi connectivity index (χ4v) is 8.79. The number of fused-ring (bicyclic) bond motifs is 1. The predicted octanol–water partition coefficient (Wildman–Crippen LogP) is 7.78. The molecule has 0 aliphatic rings. The van der Waals surface area contributed by atoms with Crippen LogP contribution >= 0.6 is 0 Å². The lowest BCUT2D eigenvalue weighted by Gasteiger charge is -2.13. The number of aromatic hydroxyl groups is 1. The third kappa shape index (κ3) is 10.7. The summed E-state index contributed by atoms with van der Waals surface area (Å²) in [6.07, 6.45) is 2.09. The Kier molecular flexibility index (Phi) is 13.3. The van der Waals surface area contributed by atoms with E-state index in [1.807, 2.05) is 0 Å². The summed E-state index contributed by atoms with van der Waals surface area (Å²) in [6.45, 7) is 0. The second-order valence-electron chi connectivity index (χ2n) is 13.4. The zero-order chi connectivity index (χ0) is 48.5. The molecular formula is C38H31N7O17S4. The summed E-state index contributed by atoms with van der Waals surface area (Å²) in [6, 6.07) is 17.2. The number of non-ortho nitro benzene ring substituents is 1. The number of nitro benzene ring substituents is 1. The molecule has 8 N–H and O–H groups in total. The Morgan fingerprint density at radius 2 is 1.12 bits per heavy atom. The molecule has 0 radical (unpaired) electrons. The van der Waals surface area contributed by atoms with Crippen molar-refractivity contribution in [3.8, 4) is 17.2 Å². The van der Waals surface area contributed by atoms with Crippen molar-refractivity contribution in [3.05, 3.63) is 112 Å². The van der Waals surface area contributed by atoms with Crippen molar-refractivity contribution in [1.29, 1.82) is 0 Å². The number of hydrogen-bond donors (Lipinski definition) is 7. The molecule has 28 heteroatoms. The van der Waals surface area contributed by atoms with Gasteiger partial charge in [0.2, 0.25) is 0 Å². The minimum atomic E-state index is -5.10. The van der Waals surface area contributed by atoms with E-state index in [0.717, 1.165) is 42.5 Å². The van der Waals surface area contributed by atoms with Crippen molar-refractivity contribution < 1.29 is 71.4 Å². The number of hydrogen-bond acceptors (Lipinski definition) is 19. The molecule has 0 saturated heterocycles. The molecule has 0 spiro atoms. The number of nitrogens with one attached hydrogen (secondary N) is 1. The van der Waals surface area contributed by atoms with Crippen LogP contribution in [-0.4, -0.2) is 76.1 Å². The van der Waals surface area contributed by atoms with Gasteiger partial charge in [-0.2, -0.15) is 38.8 Å². The van der Waals surface area contributed by atoms with Gasteiger partial charge < -0.3 is 25.6 Å². The first-order valence-electron chi connectivity index (χ1n) is 17.8. The Morgan fingerprint density at radius 3 is 1.67 bits per heavy atom. The van der Waals surface area contributed by atoms with Gasteiger partial charge in [0.15, 0.2) is 5.75 Å². The van der Waals surface area contributed by atoms with Crippen LogP contribution in [0.2, 0.25) is 0 Å². The lowest BCUT2D eigenvalue weighted by atomic mass is 10.1. The van der Waals surface area contributed by atoms with E-state index in [2.05, 4.69) is 25.8 Å². The maximum atomic E-state index is 12.6. The lowest BCUT2D eigenvalue weighted by molar-refractivity contribution is -0.385. The molecule has 0 heterocycles. The first-order chi connectivity index (χ1) is 30.8. The van der Waals surface area contributed by atoms with E-state index in [1.54, 1.807) is 0 Å². The molecule has 0 amide bonds. The molecule has 0 unspecified atom stereocenters. The topological polar surface area (TPSA) is 387 Å². The van der Waals surface area contributed by atoms with Crippen LogP contribution in [0.25, 0.3) is 22.9 Å². The van der Waals surface area contributed by atoms with Crippen molar-refractivity contribution in [3.63, 3.8) is 0 Å². The zero-order valence-corrected chi connectivity index (χ0v) is 36.7. The number of methoxy groups -OCH3 is 2. The normalized spacial score (nSPS) is 12.6. The molecule has 0 fully saturated rings. The number of anilines is 3. The number of nitrogen functional groups attached to an aromatic ring is 1. The molecule has 6 rings (SSSR count). The van der Waals surface area contributed by atoms with E-state index >= 15 is 0 Å². The van der Waals surface area contributed by atoms with Gasteiger partial charge in [0.05, 0.1) is 30.5 Å². The minimum absolute atomic E-state index is 0.0372. The molecule has 24 nitrogen and oxygen atoms in total. The van der Waals surface area contributed by atoms with Crippen LogP contribution in [-0.2, 0) is 40.5 Å². The molecule has 66 heavy (non-hydrogen) atoms. The fraction of sp³-hybridized carbons (Fsp3) is 0.0526. The van der Waals surface area contributed by atoms with Gasteiger partial charge in [-0.3, -0.25) is 28.3 Å². The minimum Gasteiger partial charge on any atom is -0.505 e. The highest BCUT2D eigenvalue weighted by molar-refractivity contribution is 7.86. The quantitative estimate of drug-likeness (QED) is 0.0129. The summed E-state index contributed by atoms with van der Waals surface area (Å²) in [5.41, 5.74) is 3.73. The van der Waals surface area contributed by atoms with Crippen molar-refractivity contribution >= 4 is 109 Å². The molecule has 6 aromatic rings. The average molecular weight is 986 g/mol. The highest BCUT2D eigenvalue weighted by atomic mass is 32.2. The number of nitro groups is 1. The largest absolute Gasteiger partial charge is 0.505 e. The summed E-state index contributed by atoms with van der Waals surface area (Å²) < 4.78 is 147. The van der Waals surface area contributed by atoms with E-state index < -0.39 is 82.1 Å². The maximum Gasteiger partial charge on any atom is 0.296 e. The number of rotatable bonds is 15. The Labute approximate surface area is 373 Å². The number of nitrogens with zero attached hydrogens (tertiary/aromatic N) is 5. The lowest BCUT2D eigenvalue weighted by Crippen LogP contribution is -2.04. The summed E-state index contributed by atoms with van der Waals surface area (Å²) in [4.78, 5) is 7.25. The standard InChI is InChI=1S/C38H31N7O17S4/c1-61-31-19-30(43-44-37-36(66(58,59)60)14-22-13-23(8-11-27(22)38(37)46)40-24-9-12-28(39)35(15-24)65(55,56)57)32(62-2)18-29(31)42-41-25-7-5-20(33(16-25)63(49,50)51)3-4-21-6-10-26(45(47)48)17-34(21)64(52,53)54/h3-19,40,46H,39H2,1-2H3,(H,49,50,51)(H,52,53,54)(H,55,56,57)(H,58,59,60). The number of azo groups is 2. The van der Waals surface area contributed by atoms with Gasteiger partial charge in [-0.05, 0) is 77.2 Å². The summed E-state index contributed by atoms with van der Waals surface area (Å²) >= 11 is 0. The van der Waals surface area contributed by atoms with Gasteiger partial charge in [-0.25, -0.2) is 0 Å². The summed E-state index contributed by atoms with van der Waals surface area (Å²) in [5, 5.41) is 41.4. The zero-order valence-electron chi connectivity index (χ0n) is 33.4. The Morgan fingerprint density at radius 1 is 0.606 bits per heavy atom. The van der Waals surface area contributed by atoms with E-state index in [4.69, 9.17) is 15.2 Å². The van der Waals surface area contributed by atoms with Crippen LogP contribution in [0.5, 0.6) is 17.2 Å². The Bertz CT molecular complexity index is 3550. The molecule has 0 aromatic heterocycles. The molecule has 0 saturated carbocycles. The third-order valence-electron chi connectivity index (χ3n) is 9.12. The van der Waals surface area contributed by atoms with Crippen molar-refractivity contribution in [2.75, 3.05) is 25.3 Å². The van der Waals surface area contributed by atoms with Crippen LogP contribution < -0.4 is 20.5 Å². The predicted molar refractivity (Wildman–Crippen MR) is 235 cm³/mol. The molecule has 0 aliphatic heterocycles. The number of benzene rings is 6. The summed E-state index contributed by atoms with van der Waals surface area (Å²) in [7, 11) is -17.3. The van der Waals surface area contributed by atoms with Crippen LogP contribution in [0.15, 0.2) is 131 Å². The molecule has 0 aliphatic carbocycles. The molecule has 344 valence electrons. The summed E-state index contributed by atoms with van der Waals surface area (Å²) in [5.74, 6) is -0.858. The van der Waals surface area contributed by atoms with Crippen molar-refractivity contribution in [1.82, 2.24) is 0 Å². The number of phenolic OH excluding ortho intramolecular Hbond substituents is 1. The van der Waals surface area contributed by atoms with Crippen molar-refractivity contribution in [2.45, 2.75) is 19.6 Å². The first kappa shape index (κ1) is 48.0. The van der Waals surface area contributed by atoms with Crippen LogP contribution in [0, 0.1) is 10.1 Å². The van der Waals surface area contributed by atoms with E-state index in [-0.39, 0.29) is 67.5 Å². The van der Waals surface area contributed by atoms with Crippen LogP contribution in [0.3, 0.4) is 0 Å². The van der Waals surface area contributed by atoms with Crippen LogP contribution in [0.1, 0.15) is 11.1 Å². The molecule has 0 atom stereocenters. The van der Waals surface area contributed by atoms with E-state index in [1.165, 1.54) is 68.8 Å². The second kappa shape index (κ2) is 18.2. The van der Waals surface area contributed by atoms with Gasteiger partial charge in [-0.15, -0.1) is 15.3 Å². The molecular weight excluding hydrogens is 955 g/mol. The SMILES string of the molecule is COc1cc(N=Nc2c(S(=O)(=O)O)cc3cc(Nc4ccc(N)c(S(=O)(=O)O)c4)ccc3c2O)c(OC)cc1N=Nc1ccc(C=Cc2ccc([N+](=O)[O-])cc2S(=O)(=O)O)c(S(=O)(=O)O)c1. The van der Waals surface area contributed by atoms with Gasteiger partial charge >= 0.3 is 0 Å². The number of ether oxygens (including phenoxy) is 2. The van der Waals surface area contributed by atoms with Gasteiger partial charge in [0.25, 0.3) is 46.2 Å². The monoisotopic (exact) mass is 985 g/mol. The molecule has 0 bridgehead atoms. The van der Waals surface area contributed by atoms with Crippen molar-refractivity contribution in [2.24, 2.45) is 20.5 Å². The number of nitrogens with two attached hydrogens (primary N) is 1. The van der Waals surface area contributed by atoms with Gasteiger partial charge in [0, 0.05) is 41.0 Å². The second-order valence-corrected chi connectivity index (χ2v) is 19.0. The average Bonchev–Trinajstić information content (AvgIpc) is 3.23. The van der Waals surface area contributed by atoms with E-state index in [9.17, 15) is 67.1 Å². The van der Waals surface area contributed by atoms with Gasteiger partial charge in [0.1, 0.15) is 48.1 Å². The highest BCUT2D eigenvalue weighted by Gasteiger charge is 2.24. The first-order valence-corrected chi connectivity index (χ1v) is 23.6. The third-order valence-corrected chi connectivity index (χ3v) is 12.7. The Balaban J connectivity index is 1.32. The fourth-order valence-electron chi connectivity index (χ4n) is 6.09. The number of phenols is 1. The highest BCUT2D eigenvalue weighted by Crippen LogP contribution is 2.45. The smallest absolute Gasteiger partial charge is 0.296 e. The Hall–Kier alpha value is -7.44. The maximum absolute atomic E-state index is 12.6. The van der Waals surface area contributed by atoms with E-state index in [0.29, 0.717) is 6.07 Å². The van der Waals surface area contributed by atoms with Crippen LogP contribution in [0.4, 0.5) is 45.5 Å².